The Morgan fingerprint density at radius 2 is 2.21 bits per heavy atom. The minimum absolute atomic E-state index is 0.143. The van der Waals surface area contributed by atoms with Crippen molar-refractivity contribution in [1.29, 1.82) is 0 Å². The molecule has 0 saturated carbocycles. The van der Waals surface area contributed by atoms with Crippen LogP contribution in [0, 0.1) is 0 Å². The molecule has 0 aliphatic heterocycles. The number of thiol groups is 1. The highest BCUT2D eigenvalue weighted by Crippen LogP contribution is 2.33. The molecule has 0 aliphatic rings. The van der Waals surface area contributed by atoms with Crippen molar-refractivity contribution >= 4 is 34.1 Å². The van der Waals surface area contributed by atoms with Crippen molar-refractivity contribution in [3.63, 3.8) is 0 Å². The number of hydrogen-bond acceptors (Lipinski definition) is 3. The Kier molecular flexibility index (Phi) is 2.81. The van der Waals surface area contributed by atoms with Gasteiger partial charge in [0.25, 0.3) is 0 Å². The van der Waals surface area contributed by atoms with E-state index in [-0.39, 0.29) is 6.61 Å². The van der Waals surface area contributed by atoms with Gasteiger partial charge in [0.2, 0.25) is 0 Å². The first-order valence-corrected chi connectivity index (χ1v) is 5.86. The maximum Gasteiger partial charge on any atom is 0.0777 e. The summed E-state index contributed by atoms with van der Waals surface area (Å²) in [5, 5.41) is 10.5. The van der Waals surface area contributed by atoms with E-state index in [9.17, 15) is 5.11 Å². The molecule has 1 N–H and O–H groups in total. The Balaban J connectivity index is 2.74. The van der Waals surface area contributed by atoms with Crippen molar-refractivity contribution in [1.82, 2.24) is 0 Å². The zero-order valence-corrected chi connectivity index (χ0v) is 9.66. The standard InChI is InChI=1S/C11H12OS2/c1-2-8-9-5-7(13)3-4-10(9)14-11(8)6-12/h3-5,12-13H,2,6H2,1H3. The van der Waals surface area contributed by atoms with Gasteiger partial charge in [-0.15, -0.1) is 24.0 Å². The summed E-state index contributed by atoms with van der Waals surface area (Å²) < 4.78 is 1.24. The number of fused-ring (bicyclic) bond motifs is 1. The van der Waals surface area contributed by atoms with Gasteiger partial charge >= 0.3 is 0 Å². The summed E-state index contributed by atoms with van der Waals surface area (Å²) >= 11 is 6.00. The highest BCUT2D eigenvalue weighted by Gasteiger charge is 2.09. The van der Waals surface area contributed by atoms with Gasteiger partial charge in [0, 0.05) is 14.5 Å². The van der Waals surface area contributed by atoms with Crippen LogP contribution in [-0.2, 0) is 13.0 Å². The van der Waals surface area contributed by atoms with Crippen molar-refractivity contribution in [3.8, 4) is 0 Å². The molecule has 74 valence electrons. The molecule has 0 unspecified atom stereocenters. The highest BCUT2D eigenvalue weighted by molar-refractivity contribution is 7.80. The molecule has 14 heavy (non-hydrogen) atoms. The second kappa shape index (κ2) is 3.93. The normalized spacial score (nSPS) is 11.1. The molecule has 0 atom stereocenters. The third-order valence-electron chi connectivity index (χ3n) is 2.36. The molecule has 0 bridgehead atoms. The summed E-state index contributed by atoms with van der Waals surface area (Å²) in [6.45, 7) is 2.26. The topological polar surface area (TPSA) is 20.2 Å². The van der Waals surface area contributed by atoms with Crippen LogP contribution in [0.3, 0.4) is 0 Å². The van der Waals surface area contributed by atoms with Gasteiger partial charge in [0.1, 0.15) is 0 Å². The van der Waals surface area contributed by atoms with E-state index >= 15 is 0 Å². The van der Waals surface area contributed by atoms with Gasteiger partial charge in [-0.1, -0.05) is 6.92 Å². The highest BCUT2D eigenvalue weighted by atomic mass is 32.1. The van der Waals surface area contributed by atoms with Gasteiger partial charge < -0.3 is 5.11 Å². The van der Waals surface area contributed by atoms with Crippen LogP contribution < -0.4 is 0 Å². The van der Waals surface area contributed by atoms with E-state index in [1.165, 1.54) is 15.6 Å². The molecule has 2 aromatic rings. The first kappa shape index (κ1) is 10.0. The molecule has 0 fully saturated rings. The van der Waals surface area contributed by atoms with Crippen LogP contribution in [0.5, 0.6) is 0 Å². The monoisotopic (exact) mass is 224 g/mol. The van der Waals surface area contributed by atoms with Crippen LogP contribution in [0.4, 0.5) is 0 Å². The number of aryl methyl sites for hydroxylation is 1. The predicted octanol–water partition coefficient (Wildman–Crippen LogP) is 3.24. The Bertz CT molecular complexity index is 460. The smallest absolute Gasteiger partial charge is 0.0777 e. The van der Waals surface area contributed by atoms with E-state index in [0.29, 0.717) is 0 Å². The Hall–Kier alpha value is -0.510. The van der Waals surface area contributed by atoms with Gasteiger partial charge in [-0.05, 0) is 35.6 Å². The van der Waals surface area contributed by atoms with Crippen molar-refractivity contribution in [2.45, 2.75) is 24.8 Å². The van der Waals surface area contributed by atoms with E-state index < -0.39 is 0 Å². The third-order valence-corrected chi connectivity index (χ3v) is 3.83. The quantitative estimate of drug-likeness (QED) is 0.750. The predicted molar refractivity (Wildman–Crippen MR) is 64.4 cm³/mol. The summed E-state index contributed by atoms with van der Waals surface area (Å²) in [6, 6.07) is 6.14. The number of benzene rings is 1. The Morgan fingerprint density at radius 1 is 1.43 bits per heavy atom. The lowest BCUT2D eigenvalue weighted by Crippen LogP contribution is -1.85. The average molecular weight is 224 g/mol. The molecule has 0 saturated heterocycles. The van der Waals surface area contributed by atoms with Gasteiger partial charge in [-0.2, -0.15) is 0 Å². The number of aliphatic hydroxyl groups excluding tert-OH is 1. The molecule has 1 heterocycles. The lowest BCUT2D eigenvalue weighted by Gasteiger charge is -1.97. The maximum atomic E-state index is 9.21. The molecular formula is C11H12OS2. The molecule has 0 aliphatic carbocycles. The van der Waals surface area contributed by atoms with Gasteiger partial charge in [-0.3, -0.25) is 0 Å². The summed E-state index contributed by atoms with van der Waals surface area (Å²) in [4.78, 5) is 2.07. The zero-order chi connectivity index (χ0) is 10.1. The number of hydrogen-bond donors (Lipinski definition) is 2. The minimum atomic E-state index is 0.143. The lowest BCUT2D eigenvalue weighted by molar-refractivity contribution is 0.284. The van der Waals surface area contributed by atoms with E-state index in [1.54, 1.807) is 11.3 Å². The van der Waals surface area contributed by atoms with E-state index in [1.807, 2.05) is 6.07 Å². The second-order valence-electron chi connectivity index (χ2n) is 3.20. The lowest BCUT2D eigenvalue weighted by atomic mass is 10.1. The zero-order valence-electron chi connectivity index (χ0n) is 7.95. The second-order valence-corrected chi connectivity index (χ2v) is 4.85. The van der Waals surface area contributed by atoms with Crippen molar-refractivity contribution < 1.29 is 5.11 Å². The molecule has 3 heteroatoms. The van der Waals surface area contributed by atoms with Crippen LogP contribution in [-0.4, -0.2) is 5.11 Å². The number of aliphatic hydroxyl groups is 1. The molecular weight excluding hydrogens is 212 g/mol. The van der Waals surface area contributed by atoms with Crippen LogP contribution in [0.2, 0.25) is 0 Å². The fourth-order valence-corrected chi connectivity index (χ4v) is 3.04. The number of thiophene rings is 1. The van der Waals surface area contributed by atoms with Crippen LogP contribution in [0.25, 0.3) is 10.1 Å². The summed E-state index contributed by atoms with van der Waals surface area (Å²) in [6.07, 6.45) is 0.965. The summed E-state index contributed by atoms with van der Waals surface area (Å²) in [5.41, 5.74) is 1.27. The van der Waals surface area contributed by atoms with E-state index in [4.69, 9.17) is 0 Å². The fourth-order valence-electron chi connectivity index (χ4n) is 1.70. The molecule has 1 aromatic heterocycles. The number of rotatable bonds is 2. The van der Waals surface area contributed by atoms with E-state index in [2.05, 4.69) is 31.7 Å². The van der Waals surface area contributed by atoms with Crippen LogP contribution in [0.1, 0.15) is 17.4 Å². The largest absolute Gasteiger partial charge is 0.391 e. The summed E-state index contributed by atoms with van der Waals surface area (Å²) in [7, 11) is 0. The first-order valence-electron chi connectivity index (χ1n) is 4.60. The van der Waals surface area contributed by atoms with Gasteiger partial charge in [-0.25, -0.2) is 0 Å². The molecule has 2 rings (SSSR count). The SMILES string of the molecule is CCc1c(CO)sc2ccc(S)cc12. The van der Waals surface area contributed by atoms with Crippen molar-refractivity contribution in [3.05, 3.63) is 28.6 Å². The molecule has 1 aromatic carbocycles. The molecule has 0 radical (unpaired) electrons. The van der Waals surface area contributed by atoms with Crippen LogP contribution >= 0.6 is 24.0 Å². The summed E-state index contributed by atoms with van der Waals surface area (Å²) in [5.74, 6) is 0. The minimum Gasteiger partial charge on any atom is -0.391 e. The maximum absolute atomic E-state index is 9.21. The van der Waals surface area contributed by atoms with E-state index in [0.717, 1.165) is 16.2 Å². The van der Waals surface area contributed by atoms with Gasteiger partial charge in [0.15, 0.2) is 0 Å². The fraction of sp³-hybridized carbons (Fsp3) is 0.273. The molecule has 0 spiro atoms. The Labute approximate surface area is 92.8 Å². The van der Waals surface area contributed by atoms with Crippen molar-refractivity contribution in [2.75, 3.05) is 0 Å². The Morgan fingerprint density at radius 3 is 2.86 bits per heavy atom. The molecule has 0 amide bonds. The third kappa shape index (κ3) is 1.56. The van der Waals surface area contributed by atoms with Crippen molar-refractivity contribution in [2.24, 2.45) is 0 Å². The van der Waals surface area contributed by atoms with Crippen LogP contribution in [0.15, 0.2) is 23.1 Å². The van der Waals surface area contributed by atoms with Gasteiger partial charge in [0.05, 0.1) is 6.61 Å². The average Bonchev–Trinajstić information content (AvgIpc) is 2.54. The first-order chi connectivity index (χ1) is 6.76. The molecule has 1 nitrogen and oxygen atoms in total.